The van der Waals surface area contributed by atoms with Crippen molar-refractivity contribution >= 4 is 88.8 Å². The molecule has 3 heterocycles. The highest BCUT2D eigenvalue weighted by atomic mass is 16.5. The fraction of sp³-hybridized carbons (Fsp3) is 0. The van der Waals surface area contributed by atoms with E-state index in [9.17, 15) is 0 Å². The van der Waals surface area contributed by atoms with Crippen molar-refractivity contribution in [3.63, 3.8) is 0 Å². The Morgan fingerprint density at radius 3 is 1.29 bits per heavy atom. The van der Waals surface area contributed by atoms with E-state index in [0.717, 1.165) is 134 Å². The van der Waals surface area contributed by atoms with Gasteiger partial charge in [0, 0.05) is 71.8 Å². The highest BCUT2D eigenvalue weighted by molar-refractivity contribution is 6.14. The van der Waals surface area contributed by atoms with Crippen LogP contribution in [0.25, 0.3) is 88.0 Å². The fourth-order valence-corrected chi connectivity index (χ4v) is 10.6. The first-order valence-corrected chi connectivity index (χ1v) is 23.3. The monoisotopic (exact) mass is 884 g/mol. The van der Waals surface area contributed by atoms with Gasteiger partial charge in [0.05, 0.1) is 11.4 Å². The third-order valence-electron chi connectivity index (χ3n) is 13.7. The predicted molar refractivity (Wildman–Crippen MR) is 284 cm³/mol. The number of fused-ring (bicyclic) bond motifs is 8. The molecule has 0 saturated heterocycles. The molecule has 0 amide bonds. The summed E-state index contributed by atoms with van der Waals surface area (Å²) in [6.45, 7) is 0. The van der Waals surface area contributed by atoms with Gasteiger partial charge in [-0.2, -0.15) is 0 Å². The largest absolute Gasteiger partial charge is 0.456 e. The first-order valence-electron chi connectivity index (χ1n) is 23.3. The van der Waals surface area contributed by atoms with E-state index in [1.807, 2.05) is 24.3 Å². The Kier molecular flexibility index (Phi) is 8.83. The summed E-state index contributed by atoms with van der Waals surface area (Å²) >= 11 is 0. The van der Waals surface area contributed by atoms with Crippen LogP contribution in [-0.4, -0.2) is 0 Å². The van der Waals surface area contributed by atoms with Gasteiger partial charge in [0.25, 0.3) is 0 Å². The Hall–Kier alpha value is -9.32. The van der Waals surface area contributed by atoms with Crippen LogP contribution in [0.4, 0.5) is 34.1 Å². The number of hydrogen-bond acceptors (Lipinski definition) is 5. The minimum Gasteiger partial charge on any atom is -0.456 e. The lowest BCUT2D eigenvalue weighted by Crippen LogP contribution is -2.13. The standard InChI is InChI=1S/C64H40N2O3/c1-3-15-43(16-4-1)65(45-35-31-41(32-36-45)47-21-11-23-51-49-19-7-9-28-57(49)68-63(47)51)55-39-40-60-61-53(55)25-13-26-54(61)62-56(27-14-30-59(62)67-60)66(44-17-5-2-6-18-44)46-37-33-42(34-38-46)48-22-12-24-52-50-20-8-10-29-58(50)69-64(48)52/h1-40H. The van der Waals surface area contributed by atoms with E-state index in [4.69, 9.17) is 13.6 Å². The minimum absolute atomic E-state index is 0.810. The number of rotatable bonds is 8. The van der Waals surface area contributed by atoms with Gasteiger partial charge in [-0.1, -0.05) is 158 Å². The quantitative estimate of drug-likeness (QED) is 0.152. The van der Waals surface area contributed by atoms with E-state index in [-0.39, 0.29) is 0 Å². The molecule has 0 saturated carbocycles. The summed E-state index contributed by atoms with van der Waals surface area (Å²) in [7, 11) is 0. The molecule has 69 heavy (non-hydrogen) atoms. The van der Waals surface area contributed by atoms with Crippen molar-refractivity contribution in [2.45, 2.75) is 0 Å². The lowest BCUT2D eigenvalue weighted by atomic mass is 9.91. The normalized spacial score (nSPS) is 11.9. The van der Waals surface area contributed by atoms with Crippen LogP contribution in [-0.2, 0) is 0 Å². The molecular formula is C64H40N2O3. The molecule has 0 aliphatic carbocycles. The lowest BCUT2D eigenvalue weighted by molar-refractivity contribution is 0.487. The Morgan fingerprint density at radius 1 is 0.275 bits per heavy atom. The summed E-state index contributed by atoms with van der Waals surface area (Å²) in [5.41, 5.74) is 16.2. The average Bonchev–Trinajstić information content (AvgIpc) is 4.00. The highest BCUT2D eigenvalue weighted by Gasteiger charge is 2.29. The maximum absolute atomic E-state index is 6.96. The number of para-hydroxylation sites is 6. The second-order valence-corrected chi connectivity index (χ2v) is 17.6. The maximum atomic E-state index is 6.96. The van der Waals surface area contributed by atoms with Crippen molar-refractivity contribution in [1.29, 1.82) is 0 Å². The summed E-state index contributed by atoms with van der Waals surface area (Å²) in [5, 5.41) is 6.62. The van der Waals surface area contributed by atoms with Gasteiger partial charge in [0.15, 0.2) is 0 Å². The molecule has 0 atom stereocenters. The van der Waals surface area contributed by atoms with Crippen molar-refractivity contribution in [3.05, 3.63) is 243 Å². The molecule has 11 aromatic carbocycles. The number of nitrogens with zero attached hydrogens (tertiary/aromatic N) is 2. The van der Waals surface area contributed by atoms with Crippen molar-refractivity contribution in [2.24, 2.45) is 0 Å². The number of anilines is 6. The molecule has 2 aromatic heterocycles. The molecule has 0 unspecified atom stereocenters. The molecule has 324 valence electrons. The van der Waals surface area contributed by atoms with Gasteiger partial charge < -0.3 is 23.4 Å². The Labute approximate surface area is 397 Å². The van der Waals surface area contributed by atoms with Crippen molar-refractivity contribution < 1.29 is 13.6 Å². The Bertz CT molecular complexity index is 4100. The van der Waals surface area contributed by atoms with Gasteiger partial charge in [0.2, 0.25) is 0 Å². The molecule has 0 fully saturated rings. The first kappa shape index (κ1) is 38.9. The number of hydrogen-bond donors (Lipinski definition) is 0. The topological polar surface area (TPSA) is 42.0 Å². The van der Waals surface area contributed by atoms with Crippen molar-refractivity contribution in [2.75, 3.05) is 9.80 Å². The molecule has 5 heteroatoms. The SMILES string of the molecule is c1ccc(N(c2ccc(-c3cccc4c3oc3ccccc34)cc2)c2cccc3c2-c2cccc4c(N(c5ccccc5)c5ccc(-c6cccc7c6oc6ccccc67)cc5)ccc(c24)O3)cc1. The van der Waals surface area contributed by atoms with Crippen molar-refractivity contribution in [3.8, 4) is 44.9 Å². The second-order valence-electron chi connectivity index (χ2n) is 17.6. The van der Waals surface area contributed by atoms with Gasteiger partial charge in [-0.15, -0.1) is 0 Å². The van der Waals surface area contributed by atoms with E-state index in [1.165, 1.54) is 0 Å². The molecule has 14 rings (SSSR count). The van der Waals surface area contributed by atoms with Crippen LogP contribution >= 0.6 is 0 Å². The molecule has 0 bridgehead atoms. The maximum Gasteiger partial charge on any atom is 0.143 e. The van der Waals surface area contributed by atoms with Crippen LogP contribution in [0.15, 0.2) is 251 Å². The van der Waals surface area contributed by atoms with Crippen LogP contribution in [0, 0.1) is 0 Å². The number of ether oxygens (including phenoxy) is 1. The zero-order chi connectivity index (χ0) is 45.4. The fourth-order valence-electron chi connectivity index (χ4n) is 10.6. The summed E-state index contributed by atoms with van der Waals surface area (Å²) in [4.78, 5) is 4.69. The highest BCUT2D eigenvalue weighted by Crippen LogP contribution is 2.55. The van der Waals surface area contributed by atoms with E-state index in [2.05, 4.69) is 228 Å². The Morgan fingerprint density at radius 2 is 0.725 bits per heavy atom. The molecule has 1 aliphatic rings. The molecule has 13 aromatic rings. The number of benzene rings is 11. The van der Waals surface area contributed by atoms with E-state index < -0.39 is 0 Å². The van der Waals surface area contributed by atoms with E-state index >= 15 is 0 Å². The summed E-state index contributed by atoms with van der Waals surface area (Å²) in [5.74, 6) is 1.64. The smallest absolute Gasteiger partial charge is 0.143 e. The van der Waals surface area contributed by atoms with Crippen LogP contribution in [0.2, 0.25) is 0 Å². The van der Waals surface area contributed by atoms with Gasteiger partial charge in [-0.25, -0.2) is 0 Å². The van der Waals surface area contributed by atoms with Crippen LogP contribution in [0.3, 0.4) is 0 Å². The van der Waals surface area contributed by atoms with Gasteiger partial charge in [-0.3, -0.25) is 0 Å². The van der Waals surface area contributed by atoms with Crippen LogP contribution in [0.5, 0.6) is 11.5 Å². The zero-order valence-electron chi connectivity index (χ0n) is 37.2. The van der Waals surface area contributed by atoms with E-state index in [1.54, 1.807) is 0 Å². The average molecular weight is 885 g/mol. The van der Waals surface area contributed by atoms with Crippen molar-refractivity contribution in [1.82, 2.24) is 0 Å². The zero-order valence-corrected chi connectivity index (χ0v) is 37.2. The molecular weight excluding hydrogens is 845 g/mol. The first-order chi connectivity index (χ1) is 34.2. The van der Waals surface area contributed by atoms with E-state index in [0.29, 0.717) is 0 Å². The van der Waals surface area contributed by atoms with Gasteiger partial charge in [0.1, 0.15) is 33.8 Å². The third kappa shape index (κ3) is 6.25. The minimum atomic E-state index is 0.810. The number of furan rings is 2. The summed E-state index contributed by atoms with van der Waals surface area (Å²) in [6.07, 6.45) is 0. The predicted octanol–water partition coefficient (Wildman–Crippen LogP) is 18.7. The summed E-state index contributed by atoms with van der Waals surface area (Å²) in [6, 6.07) is 85.4. The summed E-state index contributed by atoms with van der Waals surface area (Å²) < 4.78 is 19.9. The molecule has 0 radical (unpaired) electrons. The Balaban J connectivity index is 0.890. The van der Waals surface area contributed by atoms with Crippen LogP contribution in [0.1, 0.15) is 0 Å². The molecule has 5 nitrogen and oxygen atoms in total. The molecule has 1 aliphatic heterocycles. The molecule has 0 spiro atoms. The second kappa shape index (κ2) is 15.7. The van der Waals surface area contributed by atoms with Gasteiger partial charge >= 0.3 is 0 Å². The third-order valence-corrected chi connectivity index (χ3v) is 13.7. The molecule has 0 N–H and O–H groups in total. The van der Waals surface area contributed by atoms with Gasteiger partial charge in [-0.05, 0) is 102 Å². The van der Waals surface area contributed by atoms with Crippen LogP contribution < -0.4 is 14.5 Å². The lowest BCUT2D eigenvalue weighted by Gasteiger charge is -2.32.